The molecule has 21 heavy (non-hydrogen) atoms. The molecule has 0 aromatic carbocycles. The van der Waals surface area contributed by atoms with E-state index in [4.69, 9.17) is 0 Å². The Hall–Kier alpha value is -0.130. The minimum absolute atomic E-state index is 0.0672. The molecule has 1 aliphatic heterocycles. The molecule has 5 heteroatoms. The van der Waals surface area contributed by atoms with Crippen LogP contribution >= 0.6 is 0 Å². The van der Waals surface area contributed by atoms with Gasteiger partial charge in [-0.15, -0.1) is 0 Å². The van der Waals surface area contributed by atoms with Crippen molar-refractivity contribution >= 4 is 10.0 Å². The van der Waals surface area contributed by atoms with Crippen LogP contribution in [0.1, 0.15) is 79.1 Å². The molecule has 0 saturated carbocycles. The van der Waals surface area contributed by atoms with Gasteiger partial charge in [-0.2, -0.15) is 4.31 Å². The Morgan fingerprint density at radius 1 is 1.05 bits per heavy atom. The van der Waals surface area contributed by atoms with E-state index >= 15 is 0 Å². The molecule has 126 valence electrons. The van der Waals surface area contributed by atoms with Crippen LogP contribution in [0.3, 0.4) is 0 Å². The van der Waals surface area contributed by atoms with E-state index in [-0.39, 0.29) is 18.7 Å². The summed E-state index contributed by atoms with van der Waals surface area (Å²) in [5, 5.41) is 9.37. The Morgan fingerprint density at radius 2 is 1.62 bits per heavy atom. The molecular weight excluding hydrogens is 286 g/mol. The van der Waals surface area contributed by atoms with Crippen LogP contribution in [0.15, 0.2) is 0 Å². The zero-order chi connectivity index (χ0) is 16.1. The highest BCUT2D eigenvalue weighted by Gasteiger charge is 2.49. The molecule has 0 aromatic heterocycles. The van der Waals surface area contributed by atoms with Crippen LogP contribution in [-0.4, -0.2) is 41.3 Å². The zero-order valence-corrected chi connectivity index (χ0v) is 15.0. The van der Waals surface area contributed by atoms with Gasteiger partial charge in [0, 0.05) is 12.1 Å². The Labute approximate surface area is 131 Å². The van der Waals surface area contributed by atoms with Gasteiger partial charge in [0.25, 0.3) is 0 Å². The van der Waals surface area contributed by atoms with Gasteiger partial charge in [-0.25, -0.2) is 8.42 Å². The first-order valence-corrected chi connectivity index (χ1v) is 9.83. The van der Waals surface area contributed by atoms with Gasteiger partial charge in [0.05, 0.1) is 11.4 Å². The summed E-state index contributed by atoms with van der Waals surface area (Å²) < 4.78 is 26.0. The number of unbranched alkanes of at least 4 members (excludes halogenated alkanes) is 5. The molecule has 1 fully saturated rings. The molecule has 0 unspecified atom stereocenters. The van der Waals surface area contributed by atoms with Crippen LogP contribution < -0.4 is 0 Å². The highest BCUT2D eigenvalue weighted by Crippen LogP contribution is 2.37. The highest BCUT2D eigenvalue weighted by molar-refractivity contribution is 7.90. The van der Waals surface area contributed by atoms with Crippen LogP contribution in [0.2, 0.25) is 0 Å². The van der Waals surface area contributed by atoms with Crippen LogP contribution in [0, 0.1) is 0 Å². The molecule has 4 nitrogen and oxygen atoms in total. The average Bonchev–Trinajstić information content (AvgIpc) is 2.34. The molecule has 0 radical (unpaired) electrons. The maximum atomic E-state index is 12.6. The van der Waals surface area contributed by atoms with Gasteiger partial charge < -0.3 is 5.11 Å². The molecular formula is C16H33NO3S. The fourth-order valence-corrected chi connectivity index (χ4v) is 4.71. The fourth-order valence-electron chi connectivity index (χ4n) is 2.95. The predicted molar refractivity (Wildman–Crippen MR) is 87.8 cm³/mol. The first kappa shape index (κ1) is 18.9. The van der Waals surface area contributed by atoms with Crippen molar-refractivity contribution in [2.75, 3.05) is 6.61 Å². The second-order valence-corrected chi connectivity index (χ2v) is 9.83. The standard InChI is InChI=1S/C16H33NO3S/c1-5-6-7-8-9-10-11-14-12-15(13-18)17(14)21(19,20)16(2,3)4/h14-15,18H,5-13H2,1-4H3/t14-,15+/m1/s1. The first-order valence-electron chi connectivity index (χ1n) is 8.39. The molecule has 1 N–H and O–H groups in total. The Morgan fingerprint density at radius 3 is 2.14 bits per heavy atom. The minimum Gasteiger partial charge on any atom is -0.395 e. The van der Waals surface area contributed by atoms with Crippen molar-refractivity contribution in [3.05, 3.63) is 0 Å². The number of aliphatic hydroxyl groups excluding tert-OH is 1. The molecule has 0 spiro atoms. The van der Waals surface area contributed by atoms with Crippen molar-refractivity contribution in [2.45, 2.75) is 95.9 Å². The lowest BCUT2D eigenvalue weighted by molar-refractivity contribution is 0.0504. The molecule has 2 atom stereocenters. The zero-order valence-electron chi connectivity index (χ0n) is 14.1. The summed E-state index contributed by atoms with van der Waals surface area (Å²) in [5.74, 6) is 0. The Kier molecular flexibility index (Phi) is 7.14. The molecule has 1 saturated heterocycles. The predicted octanol–water partition coefficient (Wildman–Crippen LogP) is 3.30. The van der Waals surface area contributed by atoms with E-state index in [0.717, 1.165) is 19.3 Å². The SMILES string of the molecule is CCCCCCCC[C@@H]1C[C@@H](CO)N1S(=O)(=O)C(C)(C)C. The van der Waals surface area contributed by atoms with Gasteiger partial charge in [0.15, 0.2) is 0 Å². The molecule has 0 bridgehead atoms. The van der Waals surface area contributed by atoms with Crippen LogP contribution in [0.5, 0.6) is 0 Å². The second kappa shape index (κ2) is 7.93. The summed E-state index contributed by atoms with van der Waals surface area (Å²) in [4.78, 5) is 0. The quantitative estimate of drug-likeness (QED) is 0.663. The number of nitrogens with zero attached hydrogens (tertiary/aromatic N) is 1. The van der Waals surface area contributed by atoms with Crippen LogP contribution in [0.4, 0.5) is 0 Å². The summed E-state index contributed by atoms with van der Waals surface area (Å²) >= 11 is 0. The summed E-state index contributed by atoms with van der Waals surface area (Å²) in [7, 11) is -3.33. The lowest BCUT2D eigenvalue weighted by Gasteiger charge is -2.49. The average molecular weight is 320 g/mol. The van der Waals surface area contributed by atoms with E-state index in [1.54, 1.807) is 25.1 Å². The number of aliphatic hydroxyl groups is 1. The smallest absolute Gasteiger partial charge is 0.219 e. The van der Waals surface area contributed by atoms with E-state index < -0.39 is 14.8 Å². The molecule has 1 aliphatic rings. The molecule has 1 heterocycles. The Bertz CT molecular complexity index is 400. The van der Waals surface area contributed by atoms with E-state index in [1.807, 2.05) is 0 Å². The van der Waals surface area contributed by atoms with Crippen molar-refractivity contribution in [3.8, 4) is 0 Å². The van der Waals surface area contributed by atoms with Gasteiger partial charge in [-0.1, -0.05) is 45.4 Å². The van der Waals surface area contributed by atoms with Gasteiger partial charge in [0.2, 0.25) is 10.0 Å². The fraction of sp³-hybridized carbons (Fsp3) is 1.00. The molecule has 0 aromatic rings. The van der Waals surface area contributed by atoms with Crippen molar-refractivity contribution in [3.63, 3.8) is 0 Å². The largest absolute Gasteiger partial charge is 0.395 e. The van der Waals surface area contributed by atoms with E-state index in [9.17, 15) is 13.5 Å². The van der Waals surface area contributed by atoms with Gasteiger partial charge >= 0.3 is 0 Å². The van der Waals surface area contributed by atoms with Crippen LogP contribution in [0.25, 0.3) is 0 Å². The molecule has 0 amide bonds. The Balaban J connectivity index is 2.49. The first-order chi connectivity index (χ1) is 9.75. The highest BCUT2D eigenvalue weighted by atomic mass is 32.2. The van der Waals surface area contributed by atoms with E-state index in [0.29, 0.717) is 0 Å². The maximum absolute atomic E-state index is 12.6. The number of hydrogen-bond acceptors (Lipinski definition) is 3. The summed E-state index contributed by atoms with van der Waals surface area (Å²) in [6, 6.07) is -0.114. The third kappa shape index (κ3) is 4.67. The lowest BCUT2D eigenvalue weighted by atomic mass is 9.92. The minimum atomic E-state index is -3.33. The monoisotopic (exact) mass is 319 g/mol. The van der Waals surface area contributed by atoms with Gasteiger partial charge in [0.1, 0.15) is 0 Å². The number of hydrogen-bond donors (Lipinski definition) is 1. The van der Waals surface area contributed by atoms with Gasteiger partial charge in [-0.3, -0.25) is 0 Å². The van der Waals surface area contributed by atoms with Crippen molar-refractivity contribution in [1.29, 1.82) is 0 Å². The normalized spacial score (nSPS) is 24.0. The van der Waals surface area contributed by atoms with E-state index in [1.165, 1.54) is 32.1 Å². The van der Waals surface area contributed by atoms with Crippen molar-refractivity contribution < 1.29 is 13.5 Å². The van der Waals surface area contributed by atoms with Crippen LogP contribution in [-0.2, 0) is 10.0 Å². The second-order valence-electron chi connectivity index (χ2n) is 7.23. The summed E-state index contributed by atoms with van der Waals surface area (Å²) in [6.07, 6.45) is 9.07. The number of sulfonamides is 1. The molecule has 1 rings (SSSR count). The summed E-state index contributed by atoms with van der Waals surface area (Å²) in [5.41, 5.74) is 0. The van der Waals surface area contributed by atoms with E-state index in [2.05, 4.69) is 6.92 Å². The topological polar surface area (TPSA) is 57.6 Å². The lowest BCUT2D eigenvalue weighted by Crippen LogP contribution is -2.63. The van der Waals surface area contributed by atoms with Crippen molar-refractivity contribution in [1.82, 2.24) is 4.31 Å². The van der Waals surface area contributed by atoms with Gasteiger partial charge in [-0.05, 0) is 33.6 Å². The summed E-state index contributed by atoms with van der Waals surface area (Å²) in [6.45, 7) is 7.34. The third-order valence-electron chi connectivity index (χ3n) is 4.42. The maximum Gasteiger partial charge on any atom is 0.219 e. The third-order valence-corrected chi connectivity index (χ3v) is 7.12. The van der Waals surface area contributed by atoms with Crippen molar-refractivity contribution in [2.24, 2.45) is 0 Å². The number of rotatable bonds is 9. The molecule has 0 aliphatic carbocycles.